The van der Waals surface area contributed by atoms with E-state index in [0.717, 1.165) is 10.0 Å². The third kappa shape index (κ3) is 8.64. The molecule has 0 heterocycles. The van der Waals surface area contributed by atoms with Gasteiger partial charge in [-0.25, -0.2) is 0 Å². The minimum Gasteiger partial charge on any atom is -0.483 e. The van der Waals surface area contributed by atoms with Gasteiger partial charge < -0.3 is 10.1 Å². The molecule has 11 heteroatoms. The molecule has 0 aromatic heterocycles. The Morgan fingerprint density at radius 1 is 0.842 bits per heavy atom. The third-order valence-electron chi connectivity index (χ3n) is 5.21. The van der Waals surface area contributed by atoms with Gasteiger partial charge in [-0.15, -0.1) is 0 Å². The lowest BCUT2D eigenvalue weighted by Gasteiger charge is -2.19. The fraction of sp³-hybridized carbons (Fsp3) is 0.185. The van der Waals surface area contributed by atoms with Crippen molar-refractivity contribution in [3.63, 3.8) is 0 Å². The van der Waals surface area contributed by atoms with Crippen LogP contribution in [0.15, 0.2) is 75.7 Å². The van der Waals surface area contributed by atoms with Crippen LogP contribution in [-0.4, -0.2) is 29.4 Å². The highest BCUT2D eigenvalue weighted by molar-refractivity contribution is 9.11. The van der Waals surface area contributed by atoms with Crippen molar-refractivity contribution in [3.05, 3.63) is 92.4 Å². The smallest absolute Gasteiger partial charge is 0.269 e. The highest BCUT2D eigenvalue weighted by atomic mass is 79.9. The molecule has 3 amide bonds. The summed E-state index contributed by atoms with van der Waals surface area (Å²) in [5, 5.41) is 5.13. The van der Waals surface area contributed by atoms with Crippen molar-refractivity contribution in [3.8, 4) is 5.75 Å². The number of carbonyl (C=O) groups is 3. The van der Waals surface area contributed by atoms with E-state index in [1.54, 1.807) is 54.6 Å². The Hall–Kier alpha value is -3.28. The second-order valence-electron chi connectivity index (χ2n) is 9.18. The van der Waals surface area contributed by atoms with Gasteiger partial charge in [0.25, 0.3) is 17.7 Å². The molecule has 0 saturated carbocycles. The molecule has 0 aliphatic carbocycles. The van der Waals surface area contributed by atoms with Crippen LogP contribution in [0.4, 0.5) is 5.69 Å². The quantitative estimate of drug-likeness (QED) is 0.206. The van der Waals surface area contributed by atoms with Gasteiger partial charge >= 0.3 is 0 Å². The summed E-state index contributed by atoms with van der Waals surface area (Å²) < 4.78 is 7.00. The maximum absolute atomic E-state index is 12.6. The molecule has 0 atom stereocenters. The number of rotatable bonds is 6. The van der Waals surface area contributed by atoms with Gasteiger partial charge in [-0.2, -0.15) is 0 Å². The topological polar surface area (TPSA) is 109 Å². The molecule has 0 saturated heterocycles. The van der Waals surface area contributed by atoms with Crippen LogP contribution in [-0.2, 0) is 10.2 Å². The largest absolute Gasteiger partial charge is 0.483 e. The molecule has 0 unspecified atom stereocenters. The lowest BCUT2D eigenvalue weighted by atomic mass is 9.87. The molecule has 0 spiro atoms. The molecule has 3 aromatic rings. The number of hydrogen-bond acceptors (Lipinski definition) is 5. The Morgan fingerprint density at radius 3 is 2.05 bits per heavy atom. The van der Waals surface area contributed by atoms with E-state index in [2.05, 4.69) is 74.1 Å². The van der Waals surface area contributed by atoms with Gasteiger partial charge in [-0.05, 0) is 93.7 Å². The molecule has 198 valence electrons. The van der Waals surface area contributed by atoms with Gasteiger partial charge in [-0.1, -0.05) is 48.8 Å². The average Bonchev–Trinajstić information content (AvgIpc) is 2.86. The summed E-state index contributed by atoms with van der Waals surface area (Å²) in [5.74, 6) is -0.734. The van der Waals surface area contributed by atoms with E-state index in [1.165, 1.54) is 0 Å². The zero-order chi connectivity index (χ0) is 27.9. The van der Waals surface area contributed by atoms with Crippen LogP contribution >= 0.6 is 44.1 Å². The first kappa shape index (κ1) is 29.3. The van der Waals surface area contributed by atoms with Crippen molar-refractivity contribution >= 4 is 72.6 Å². The summed E-state index contributed by atoms with van der Waals surface area (Å²) in [4.78, 5) is 37.0. The molecule has 0 bridgehead atoms. The van der Waals surface area contributed by atoms with Crippen LogP contribution in [0.3, 0.4) is 0 Å². The molecule has 8 nitrogen and oxygen atoms in total. The van der Waals surface area contributed by atoms with Crippen molar-refractivity contribution in [1.29, 1.82) is 0 Å². The van der Waals surface area contributed by atoms with Gasteiger partial charge in [0, 0.05) is 21.3 Å². The van der Waals surface area contributed by atoms with Crippen LogP contribution in [0.5, 0.6) is 5.75 Å². The zero-order valence-electron chi connectivity index (χ0n) is 20.9. The number of anilines is 1. The Labute approximate surface area is 243 Å². The lowest BCUT2D eigenvalue weighted by Crippen LogP contribution is -2.49. The van der Waals surface area contributed by atoms with Gasteiger partial charge in [0.2, 0.25) is 0 Å². The number of amides is 3. The number of ether oxygens (including phenoxy) is 1. The molecule has 3 aromatic carbocycles. The van der Waals surface area contributed by atoms with E-state index in [0.29, 0.717) is 27.0 Å². The standard InChI is InChI=1S/C27H26Br2N4O4S/c1-27(2,3)18-8-4-16(5-9-18)24(35)30-20-11-6-17(7-12-20)25(36)32-33-26(38)31-23(34)15-37-22-13-10-19(28)14-21(22)29/h4-14H,15H2,1-3H3,(H,30,35)(H,32,36)(H2,31,33,34,38). The van der Waals surface area contributed by atoms with E-state index in [4.69, 9.17) is 17.0 Å². The molecular formula is C27H26Br2N4O4S. The summed E-state index contributed by atoms with van der Waals surface area (Å²) in [7, 11) is 0. The number of benzene rings is 3. The zero-order valence-corrected chi connectivity index (χ0v) is 24.8. The molecule has 4 N–H and O–H groups in total. The maximum Gasteiger partial charge on any atom is 0.269 e. The van der Waals surface area contributed by atoms with Crippen molar-refractivity contribution in [2.45, 2.75) is 26.2 Å². The van der Waals surface area contributed by atoms with E-state index < -0.39 is 11.8 Å². The highest BCUT2D eigenvalue weighted by Gasteiger charge is 2.15. The first-order valence-corrected chi connectivity index (χ1v) is 13.4. The summed E-state index contributed by atoms with van der Waals surface area (Å²) in [6.07, 6.45) is 0. The Bertz CT molecular complexity index is 1340. The second-order valence-corrected chi connectivity index (χ2v) is 11.4. The predicted octanol–water partition coefficient (Wildman–Crippen LogP) is 5.48. The average molecular weight is 662 g/mol. The Balaban J connectivity index is 1.44. The predicted molar refractivity (Wildman–Crippen MR) is 158 cm³/mol. The SMILES string of the molecule is CC(C)(C)c1ccc(C(=O)Nc2ccc(C(=O)NNC(=S)NC(=O)COc3ccc(Br)cc3Br)cc2)cc1. The summed E-state index contributed by atoms with van der Waals surface area (Å²) >= 11 is 11.7. The molecule has 38 heavy (non-hydrogen) atoms. The van der Waals surface area contributed by atoms with E-state index in [9.17, 15) is 14.4 Å². The number of hydrazine groups is 1. The normalized spacial score (nSPS) is 10.8. The van der Waals surface area contributed by atoms with Crippen molar-refractivity contribution in [1.82, 2.24) is 16.2 Å². The number of halogens is 2. The van der Waals surface area contributed by atoms with Crippen LogP contribution < -0.4 is 26.2 Å². The first-order chi connectivity index (χ1) is 17.9. The van der Waals surface area contributed by atoms with Crippen LogP contribution in [0.25, 0.3) is 0 Å². The minimum absolute atomic E-state index is 0.00201. The minimum atomic E-state index is -0.500. The fourth-order valence-corrected chi connectivity index (χ4v) is 4.47. The number of nitrogens with one attached hydrogen (secondary N) is 4. The summed E-state index contributed by atoms with van der Waals surface area (Å²) in [5.41, 5.74) is 7.42. The Kier molecular flexibility index (Phi) is 10.0. The fourth-order valence-electron chi connectivity index (χ4n) is 3.15. The van der Waals surface area contributed by atoms with E-state index in [-0.39, 0.29) is 23.0 Å². The molecule has 0 radical (unpaired) electrons. The maximum atomic E-state index is 12.6. The second kappa shape index (κ2) is 13.0. The number of carbonyl (C=O) groups excluding carboxylic acids is 3. The third-order valence-corrected chi connectivity index (χ3v) is 6.53. The summed E-state index contributed by atoms with van der Waals surface area (Å²) in [6.45, 7) is 6.06. The number of hydrogen-bond donors (Lipinski definition) is 4. The summed E-state index contributed by atoms with van der Waals surface area (Å²) in [6, 6.07) is 19.1. The van der Waals surface area contributed by atoms with Crippen molar-refractivity contribution in [2.75, 3.05) is 11.9 Å². The van der Waals surface area contributed by atoms with Gasteiger partial charge in [0.15, 0.2) is 11.7 Å². The van der Waals surface area contributed by atoms with E-state index >= 15 is 0 Å². The number of thiocarbonyl (C=S) groups is 1. The van der Waals surface area contributed by atoms with Crippen molar-refractivity contribution in [2.24, 2.45) is 0 Å². The monoisotopic (exact) mass is 660 g/mol. The lowest BCUT2D eigenvalue weighted by molar-refractivity contribution is -0.121. The molecule has 0 aliphatic heterocycles. The van der Waals surface area contributed by atoms with Gasteiger partial charge in [0.05, 0.1) is 4.47 Å². The molecule has 0 aliphatic rings. The van der Waals surface area contributed by atoms with Crippen molar-refractivity contribution < 1.29 is 19.1 Å². The van der Waals surface area contributed by atoms with Crippen LogP contribution in [0.2, 0.25) is 0 Å². The first-order valence-electron chi connectivity index (χ1n) is 11.4. The Morgan fingerprint density at radius 2 is 1.45 bits per heavy atom. The molecule has 3 rings (SSSR count). The van der Waals surface area contributed by atoms with Gasteiger partial charge in [0.1, 0.15) is 5.75 Å². The van der Waals surface area contributed by atoms with Gasteiger partial charge in [-0.3, -0.25) is 30.6 Å². The molecular weight excluding hydrogens is 636 g/mol. The highest BCUT2D eigenvalue weighted by Crippen LogP contribution is 2.28. The van der Waals surface area contributed by atoms with E-state index in [1.807, 2.05) is 12.1 Å². The van der Waals surface area contributed by atoms with Crippen LogP contribution in [0, 0.1) is 0 Å². The molecule has 0 fully saturated rings. The van der Waals surface area contributed by atoms with Crippen LogP contribution in [0.1, 0.15) is 47.1 Å².